The molecule has 0 unspecified atom stereocenters. The maximum absolute atomic E-state index is 14.3. The quantitative estimate of drug-likeness (QED) is 0.106. The Bertz CT molecular complexity index is 1800. The number of ether oxygens (including phenoxy) is 3. The Balaban J connectivity index is 1.47. The van der Waals surface area contributed by atoms with Crippen LogP contribution < -0.4 is 20.3 Å². The molecule has 5 rings (SSSR count). The number of nitrogens with one attached hydrogen (secondary N) is 2. The number of rotatable bonds is 16. The van der Waals surface area contributed by atoms with E-state index in [4.69, 9.17) is 24.3 Å². The van der Waals surface area contributed by atoms with Crippen LogP contribution in [-0.4, -0.2) is 63.5 Å². The van der Waals surface area contributed by atoms with Crippen LogP contribution in [0.1, 0.15) is 35.6 Å². The number of benzene rings is 4. The SMILES string of the molecule is COc1cccc(CCNNC(=O)[C@@]2(CCS(=O)(=O)c3ccccc3)N=C(c3ccc(OCCCO)cc3)O[C@H]2c2ccc(Br)cc2)c1. The molecule has 1 aliphatic rings. The summed E-state index contributed by atoms with van der Waals surface area (Å²) in [4.78, 5) is 19.4. The van der Waals surface area contributed by atoms with Gasteiger partial charge in [0, 0.05) is 36.0 Å². The van der Waals surface area contributed by atoms with Crippen molar-refractivity contribution in [3.8, 4) is 11.5 Å². The summed E-state index contributed by atoms with van der Waals surface area (Å²) in [6, 6.07) is 30.2. The Hall–Kier alpha value is -4.23. The maximum atomic E-state index is 14.3. The van der Waals surface area contributed by atoms with E-state index in [1.165, 1.54) is 0 Å². The molecule has 0 saturated heterocycles. The number of aliphatic hydroxyl groups is 1. The number of nitrogens with zero attached hydrogens (tertiary/aromatic N) is 1. The molecule has 10 nitrogen and oxygen atoms in total. The van der Waals surface area contributed by atoms with E-state index < -0.39 is 27.4 Å². The Morgan fingerprint density at radius 3 is 2.44 bits per heavy atom. The molecule has 0 radical (unpaired) electrons. The minimum Gasteiger partial charge on any atom is -0.497 e. The highest BCUT2D eigenvalue weighted by Crippen LogP contribution is 2.43. The molecule has 1 amide bonds. The van der Waals surface area contributed by atoms with Crippen molar-refractivity contribution in [2.45, 2.75) is 35.8 Å². The Labute approximate surface area is 289 Å². The van der Waals surface area contributed by atoms with Gasteiger partial charge in [0.25, 0.3) is 5.91 Å². The fourth-order valence-electron chi connectivity index (χ4n) is 5.33. The van der Waals surface area contributed by atoms with Gasteiger partial charge in [-0.25, -0.2) is 18.8 Å². The summed E-state index contributed by atoms with van der Waals surface area (Å²) in [5, 5.41) is 9.06. The molecule has 0 spiro atoms. The summed E-state index contributed by atoms with van der Waals surface area (Å²) in [6.07, 6.45) is 0.0112. The maximum Gasteiger partial charge on any atom is 0.266 e. The van der Waals surface area contributed by atoms with E-state index in [0.717, 1.165) is 15.8 Å². The molecule has 252 valence electrons. The highest BCUT2D eigenvalue weighted by atomic mass is 79.9. The van der Waals surface area contributed by atoms with E-state index in [0.29, 0.717) is 42.9 Å². The topological polar surface area (TPSA) is 136 Å². The average molecular weight is 737 g/mol. The number of aliphatic imine (C=N–C) groups is 1. The minimum atomic E-state index is -3.78. The third-order valence-electron chi connectivity index (χ3n) is 7.93. The first-order valence-electron chi connectivity index (χ1n) is 15.5. The molecule has 2 atom stereocenters. The van der Waals surface area contributed by atoms with Crippen LogP contribution in [0, 0.1) is 0 Å². The van der Waals surface area contributed by atoms with Gasteiger partial charge in [-0.15, -0.1) is 0 Å². The zero-order valence-electron chi connectivity index (χ0n) is 26.5. The van der Waals surface area contributed by atoms with Crippen molar-refractivity contribution in [2.75, 3.05) is 32.6 Å². The van der Waals surface area contributed by atoms with Crippen molar-refractivity contribution in [2.24, 2.45) is 4.99 Å². The van der Waals surface area contributed by atoms with Gasteiger partial charge in [0.15, 0.2) is 21.5 Å². The summed E-state index contributed by atoms with van der Waals surface area (Å²) in [7, 11) is -2.17. The molecule has 4 aromatic rings. The second-order valence-electron chi connectivity index (χ2n) is 11.2. The minimum absolute atomic E-state index is 0.0280. The summed E-state index contributed by atoms with van der Waals surface area (Å²) >= 11 is 3.47. The molecule has 0 saturated carbocycles. The summed E-state index contributed by atoms with van der Waals surface area (Å²) in [5.74, 6) is 0.673. The van der Waals surface area contributed by atoms with Crippen molar-refractivity contribution in [1.29, 1.82) is 0 Å². The van der Waals surface area contributed by atoms with E-state index in [9.17, 15) is 13.2 Å². The summed E-state index contributed by atoms with van der Waals surface area (Å²) in [6.45, 7) is 0.790. The predicted octanol–water partition coefficient (Wildman–Crippen LogP) is 5.20. The second-order valence-corrected chi connectivity index (χ2v) is 14.2. The largest absolute Gasteiger partial charge is 0.497 e. The molecule has 0 aromatic heterocycles. The standard InChI is InChI=1S/C36H38BrN3O7S/c1-45-31-8-5-7-26(25-31)19-21-38-40-35(42)36(20-24-48(43,44)32-9-3-2-4-10-32)33(27-11-15-29(37)16-12-27)47-34(39-36)28-13-17-30(18-14-28)46-23-6-22-41/h2-5,7-18,25,33,38,41H,6,19-24H2,1H3,(H,40,42)/t33-,36-/m0/s1. The van der Waals surface area contributed by atoms with Crippen LogP contribution in [0.15, 0.2) is 117 Å². The Morgan fingerprint density at radius 1 is 0.979 bits per heavy atom. The van der Waals surface area contributed by atoms with Crippen molar-refractivity contribution >= 4 is 37.6 Å². The van der Waals surface area contributed by atoms with Gasteiger partial charge < -0.3 is 19.3 Å². The number of hydrogen-bond donors (Lipinski definition) is 3. The summed E-state index contributed by atoms with van der Waals surface area (Å²) in [5.41, 5.74) is 6.44. The lowest BCUT2D eigenvalue weighted by molar-refractivity contribution is -0.130. The van der Waals surface area contributed by atoms with Crippen LogP contribution in [0.5, 0.6) is 11.5 Å². The van der Waals surface area contributed by atoms with E-state index >= 15 is 0 Å². The van der Waals surface area contributed by atoms with Crippen LogP contribution in [-0.2, 0) is 25.8 Å². The molecule has 0 aliphatic carbocycles. The normalized spacial score (nSPS) is 17.3. The molecular formula is C36H38BrN3O7S. The molecule has 3 N–H and O–H groups in total. The number of hydrazine groups is 1. The summed E-state index contributed by atoms with van der Waals surface area (Å²) < 4.78 is 45.4. The molecule has 0 bridgehead atoms. The van der Waals surface area contributed by atoms with Crippen LogP contribution in [0.25, 0.3) is 0 Å². The first-order valence-corrected chi connectivity index (χ1v) is 18.0. The molecule has 48 heavy (non-hydrogen) atoms. The van der Waals surface area contributed by atoms with Gasteiger partial charge in [-0.05, 0) is 78.2 Å². The molecular weight excluding hydrogens is 698 g/mol. The Morgan fingerprint density at radius 2 is 1.73 bits per heavy atom. The number of halogens is 1. The lowest BCUT2D eigenvalue weighted by Crippen LogP contribution is -2.53. The van der Waals surface area contributed by atoms with E-state index in [-0.39, 0.29) is 29.6 Å². The van der Waals surface area contributed by atoms with Crippen molar-refractivity contribution < 1.29 is 32.5 Å². The number of hydrogen-bond acceptors (Lipinski definition) is 9. The lowest BCUT2D eigenvalue weighted by Gasteiger charge is -2.30. The average Bonchev–Trinajstić information content (AvgIpc) is 3.51. The smallest absolute Gasteiger partial charge is 0.266 e. The monoisotopic (exact) mass is 735 g/mol. The van der Waals surface area contributed by atoms with Gasteiger partial charge >= 0.3 is 0 Å². The number of amides is 1. The van der Waals surface area contributed by atoms with E-state index in [1.54, 1.807) is 61.7 Å². The molecule has 1 aliphatic heterocycles. The molecule has 0 fully saturated rings. The molecule has 12 heteroatoms. The zero-order valence-corrected chi connectivity index (χ0v) is 28.9. The number of sulfone groups is 1. The van der Waals surface area contributed by atoms with Gasteiger partial charge in [-0.2, -0.15) is 0 Å². The first-order chi connectivity index (χ1) is 23.2. The molecule has 4 aromatic carbocycles. The highest BCUT2D eigenvalue weighted by molar-refractivity contribution is 9.10. The number of aliphatic hydroxyl groups excluding tert-OH is 1. The van der Waals surface area contributed by atoms with Gasteiger partial charge in [-0.3, -0.25) is 10.2 Å². The zero-order chi connectivity index (χ0) is 34.0. The van der Waals surface area contributed by atoms with Crippen molar-refractivity contribution in [3.05, 3.63) is 124 Å². The van der Waals surface area contributed by atoms with Crippen LogP contribution >= 0.6 is 15.9 Å². The van der Waals surface area contributed by atoms with Crippen LogP contribution in [0.3, 0.4) is 0 Å². The third kappa shape index (κ3) is 8.62. The molecule has 1 heterocycles. The van der Waals surface area contributed by atoms with Crippen LogP contribution in [0.2, 0.25) is 0 Å². The number of carbonyl (C=O) groups excluding carboxylic acids is 1. The van der Waals surface area contributed by atoms with Gasteiger partial charge in [-0.1, -0.05) is 58.4 Å². The van der Waals surface area contributed by atoms with Gasteiger partial charge in [0.2, 0.25) is 5.90 Å². The van der Waals surface area contributed by atoms with Crippen molar-refractivity contribution in [1.82, 2.24) is 10.9 Å². The highest BCUT2D eigenvalue weighted by Gasteiger charge is 2.53. The van der Waals surface area contributed by atoms with Crippen molar-refractivity contribution in [3.63, 3.8) is 0 Å². The fourth-order valence-corrected chi connectivity index (χ4v) is 6.98. The van der Waals surface area contributed by atoms with Crippen LogP contribution in [0.4, 0.5) is 0 Å². The number of carbonyl (C=O) groups is 1. The van der Waals surface area contributed by atoms with Gasteiger partial charge in [0.1, 0.15) is 11.5 Å². The van der Waals surface area contributed by atoms with E-state index in [1.807, 2.05) is 48.5 Å². The lowest BCUT2D eigenvalue weighted by atomic mass is 9.85. The van der Waals surface area contributed by atoms with Gasteiger partial charge in [0.05, 0.1) is 24.4 Å². The number of methoxy groups -OCH3 is 1. The predicted molar refractivity (Wildman–Crippen MR) is 187 cm³/mol. The second kappa shape index (κ2) is 16.2. The van der Waals surface area contributed by atoms with E-state index in [2.05, 4.69) is 26.8 Å². The first kappa shape index (κ1) is 35.1. The fraction of sp³-hybridized carbons (Fsp3) is 0.278. The Kier molecular flexibility index (Phi) is 11.9. The third-order valence-corrected chi connectivity index (χ3v) is 10.2.